The molecule has 1 aromatic carbocycles. The molecule has 144 valence electrons. The minimum Gasteiger partial charge on any atom is -0.374 e. The maximum absolute atomic E-state index is 12.7. The summed E-state index contributed by atoms with van der Waals surface area (Å²) < 4.78 is 91.2. The van der Waals surface area contributed by atoms with Crippen LogP contribution in [0, 0.1) is 0 Å². The van der Waals surface area contributed by atoms with E-state index in [2.05, 4.69) is 19.6 Å². The molecule has 8 nitrogen and oxygen atoms in total. The second-order valence-corrected chi connectivity index (χ2v) is 6.52. The van der Waals surface area contributed by atoms with Crippen LogP contribution in [-0.4, -0.2) is 38.7 Å². The quantitative estimate of drug-likeness (QED) is 0.279. The van der Waals surface area contributed by atoms with E-state index in [1.54, 1.807) is 18.2 Å². The first-order chi connectivity index (χ1) is 12.6. The molecule has 0 N–H and O–H groups in total. The molecule has 0 fully saturated rings. The van der Waals surface area contributed by atoms with Crippen LogP contribution < -0.4 is 0 Å². The van der Waals surface area contributed by atoms with Crippen molar-refractivity contribution in [1.29, 1.82) is 0 Å². The van der Waals surface area contributed by atoms with E-state index in [1.165, 1.54) is 6.07 Å². The SMILES string of the molecule is O=S(=O)(OC(=Cn1nnc2ccccc21)c1cnn(C(F)F)c1)C(F)(F)F. The van der Waals surface area contributed by atoms with Crippen molar-refractivity contribution >= 4 is 33.1 Å². The van der Waals surface area contributed by atoms with Crippen LogP contribution in [0.3, 0.4) is 0 Å². The monoisotopic (exact) mass is 409 g/mol. The van der Waals surface area contributed by atoms with Crippen LogP contribution in [0.5, 0.6) is 0 Å². The molecule has 0 bridgehead atoms. The van der Waals surface area contributed by atoms with E-state index >= 15 is 0 Å². The van der Waals surface area contributed by atoms with Gasteiger partial charge in [-0.1, -0.05) is 17.3 Å². The summed E-state index contributed by atoms with van der Waals surface area (Å²) in [5.74, 6) is -0.921. The highest BCUT2D eigenvalue weighted by Crippen LogP contribution is 2.30. The first kappa shape index (κ1) is 18.8. The zero-order valence-electron chi connectivity index (χ0n) is 12.9. The summed E-state index contributed by atoms with van der Waals surface area (Å²) in [4.78, 5) is 0. The van der Waals surface area contributed by atoms with Gasteiger partial charge in [0, 0.05) is 6.20 Å². The lowest BCUT2D eigenvalue weighted by Gasteiger charge is -2.11. The Kier molecular flexibility index (Phi) is 4.59. The van der Waals surface area contributed by atoms with E-state index in [9.17, 15) is 30.4 Å². The largest absolute Gasteiger partial charge is 0.534 e. The highest BCUT2D eigenvalue weighted by atomic mass is 32.2. The Morgan fingerprint density at radius 1 is 1.22 bits per heavy atom. The van der Waals surface area contributed by atoms with Gasteiger partial charge in [0.25, 0.3) is 0 Å². The zero-order chi connectivity index (χ0) is 19.8. The number of alkyl halides is 5. The predicted octanol–water partition coefficient (Wildman–Crippen LogP) is 2.84. The summed E-state index contributed by atoms with van der Waals surface area (Å²) >= 11 is 0. The van der Waals surface area contributed by atoms with Crippen LogP contribution in [0.2, 0.25) is 0 Å². The molecule has 0 aliphatic heterocycles. The van der Waals surface area contributed by atoms with Gasteiger partial charge in [0.1, 0.15) is 5.52 Å². The number of rotatable bonds is 5. The zero-order valence-corrected chi connectivity index (χ0v) is 13.7. The molecule has 14 heteroatoms. The minimum absolute atomic E-state index is 0.117. The molecule has 0 radical (unpaired) electrons. The maximum atomic E-state index is 12.7. The van der Waals surface area contributed by atoms with E-state index in [0.29, 0.717) is 17.2 Å². The van der Waals surface area contributed by atoms with Crippen molar-refractivity contribution < 1.29 is 34.6 Å². The smallest absolute Gasteiger partial charge is 0.374 e. The molecule has 0 saturated carbocycles. The fraction of sp³-hybridized carbons (Fsp3) is 0.154. The molecular weight excluding hydrogens is 401 g/mol. The van der Waals surface area contributed by atoms with Gasteiger partial charge < -0.3 is 4.18 Å². The first-order valence-electron chi connectivity index (χ1n) is 6.94. The summed E-state index contributed by atoms with van der Waals surface area (Å²) in [5.41, 5.74) is -5.50. The second-order valence-electron chi connectivity index (χ2n) is 4.99. The lowest BCUT2D eigenvalue weighted by atomic mass is 10.3. The van der Waals surface area contributed by atoms with E-state index in [0.717, 1.165) is 17.1 Å². The van der Waals surface area contributed by atoms with E-state index in [-0.39, 0.29) is 4.68 Å². The standard InChI is InChI=1S/C13H8F5N5O3S/c14-12(15)23-6-8(5-19-23)11(26-27(24,25)13(16,17)18)7-22-10-4-2-1-3-9(10)20-21-22/h1-7,12H. The molecular formula is C13H8F5N5O3S. The van der Waals surface area contributed by atoms with Crippen molar-refractivity contribution in [3.8, 4) is 0 Å². The van der Waals surface area contributed by atoms with Gasteiger partial charge in [-0.2, -0.15) is 35.5 Å². The molecule has 2 aromatic heterocycles. The summed E-state index contributed by atoms with van der Waals surface area (Å²) in [6.07, 6.45) is 2.12. The molecule has 0 spiro atoms. The Morgan fingerprint density at radius 3 is 2.56 bits per heavy atom. The first-order valence-corrected chi connectivity index (χ1v) is 8.34. The molecule has 2 heterocycles. The normalized spacial score (nSPS) is 13.5. The van der Waals surface area contributed by atoms with E-state index < -0.39 is 33.5 Å². The van der Waals surface area contributed by atoms with Crippen LogP contribution in [0.1, 0.15) is 12.1 Å². The number of halogens is 5. The molecule has 27 heavy (non-hydrogen) atoms. The van der Waals surface area contributed by atoms with E-state index in [1.807, 2.05) is 0 Å². The Labute approximate surface area is 147 Å². The highest BCUT2D eigenvalue weighted by Gasteiger charge is 2.49. The van der Waals surface area contributed by atoms with E-state index in [4.69, 9.17) is 0 Å². The molecule has 0 saturated heterocycles. The number of fused-ring (bicyclic) bond motifs is 1. The number of aromatic nitrogens is 5. The summed E-state index contributed by atoms with van der Waals surface area (Å²) in [5, 5.41) is 10.6. The molecule has 0 unspecified atom stereocenters. The molecule has 3 aromatic rings. The van der Waals surface area contributed by atoms with Gasteiger partial charge in [0.05, 0.1) is 23.5 Å². The average molecular weight is 409 g/mol. The second kappa shape index (κ2) is 6.61. The van der Waals surface area contributed by atoms with Gasteiger partial charge in [0.15, 0.2) is 5.76 Å². The van der Waals surface area contributed by atoms with Gasteiger partial charge in [-0.3, -0.25) is 0 Å². The maximum Gasteiger partial charge on any atom is 0.534 e. The number of benzene rings is 1. The molecule has 0 aliphatic carbocycles. The Balaban J connectivity index is 2.12. The average Bonchev–Trinajstić information content (AvgIpc) is 3.20. The fourth-order valence-electron chi connectivity index (χ4n) is 1.98. The summed E-state index contributed by atoms with van der Waals surface area (Å²) in [6, 6.07) is 6.26. The van der Waals surface area contributed by atoms with Gasteiger partial charge in [-0.05, 0) is 12.1 Å². The molecule has 0 aliphatic rings. The minimum atomic E-state index is -6.07. The van der Waals surface area contributed by atoms with Crippen molar-refractivity contribution in [3.05, 3.63) is 42.2 Å². The lowest BCUT2D eigenvalue weighted by Crippen LogP contribution is -2.25. The highest BCUT2D eigenvalue weighted by molar-refractivity contribution is 7.87. The van der Waals surface area contributed by atoms with Crippen molar-refractivity contribution in [2.45, 2.75) is 12.1 Å². The summed E-state index contributed by atoms with van der Waals surface area (Å²) in [6.45, 7) is -3.09. The number of hydrogen-bond donors (Lipinski definition) is 0. The summed E-state index contributed by atoms with van der Waals surface area (Å²) in [7, 11) is -6.07. The van der Waals surface area contributed by atoms with Gasteiger partial charge >= 0.3 is 22.2 Å². The van der Waals surface area contributed by atoms with Crippen LogP contribution in [-0.2, 0) is 14.3 Å². The van der Waals surface area contributed by atoms with Gasteiger partial charge in [-0.25, -0.2) is 9.36 Å². The van der Waals surface area contributed by atoms with Crippen LogP contribution in [0.4, 0.5) is 22.0 Å². The fourth-order valence-corrected chi connectivity index (χ4v) is 2.45. The number of nitrogens with zero attached hydrogens (tertiary/aromatic N) is 5. The van der Waals surface area contributed by atoms with Crippen LogP contribution in [0.15, 0.2) is 36.7 Å². The van der Waals surface area contributed by atoms with Crippen molar-refractivity contribution in [2.24, 2.45) is 0 Å². The Bertz CT molecular complexity index is 1100. The van der Waals surface area contributed by atoms with Crippen molar-refractivity contribution in [3.63, 3.8) is 0 Å². The lowest BCUT2D eigenvalue weighted by molar-refractivity contribution is -0.0509. The number of hydrogen-bond acceptors (Lipinski definition) is 6. The third-order valence-corrected chi connectivity index (χ3v) is 4.15. The third kappa shape index (κ3) is 3.74. The predicted molar refractivity (Wildman–Crippen MR) is 81.2 cm³/mol. The molecule has 0 amide bonds. The molecule has 0 atom stereocenters. The number of para-hydroxylation sites is 1. The van der Waals surface area contributed by atoms with Crippen LogP contribution in [0.25, 0.3) is 23.0 Å². The Hall–Kier alpha value is -3.03. The van der Waals surface area contributed by atoms with Crippen LogP contribution >= 0.6 is 0 Å². The van der Waals surface area contributed by atoms with Gasteiger partial charge in [-0.15, -0.1) is 5.10 Å². The van der Waals surface area contributed by atoms with Crippen molar-refractivity contribution in [2.75, 3.05) is 0 Å². The topological polar surface area (TPSA) is 91.9 Å². The third-order valence-electron chi connectivity index (χ3n) is 3.19. The van der Waals surface area contributed by atoms with Gasteiger partial charge in [0.2, 0.25) is 0 Å². The van der Waals surface area contributed by atoms with Crippen molar-refractivity contribution in [1.82, 2.24) is 24.8 Å². The molecule has 3 rings (SSSR count). The Morgan fingerprint density at radius 2 is 1.93 bits per heavy atom.